The lowest BCUT2D eigenvalue weighted by atomic mass is 10.2. The number of sulfonamides is 1. The van der Waals surface area contributed by atoms with Crippen LogP contribution in [0.25, 0.3) is 21.6 Å². The van der Waals surface area contributed by atoms with Crippen molar-refractivity contribution in [2.24, 2.45) is 0 Å². The van der Waals surface area contributed by atoms with Gasteiger partial charge in [0.1, 0.15) is 9.22 Å². The van der Waals surface area contributed by atoms with Gasteiger partial charge in [0.15, 0.2) is 0 Å². The van der Waals surface area contributed by atoms with E-state index in [0.29, 0.717) is 21.2 Å². The first-order chi connectivity index (χ1) is 12.5. The molecule has 4 rings (SSSR count). The Morgan fingerprint density at radius 2 is 2.15 bits per heavy atom. The highest BCUT2D eigenvalue weighted by Crippen LogP contribution is 2.36. The third kappa shape index (κ3) is 3.12. The highest BCUT2D eigenvalue weighted by Gasteiger charge is 2.20. The highest BCUT2D eigenvalue weighted by atomic mass is 35.5. The van der Waals surface area contributed by atoms with Gasteiger partial charge in [-0.05, 0) is 23.6 Å². The number of benzene rings is 1. The van der Waals surface area contributed by atoms with Gasteiger partial charge in [-0.1, -0.05) is 23.7 Å². The molecule has 26 heavy (non-hydrogen) atoms. The average molecular weight is 426 g/mol. The monoisotopic (exact) mass is 425 g/mol. The van der Waals surface area contributed by atoms with Gasteiger partial charge in [0, 0.05) is 11.6 Å². The van der Waals surface area contributed by atoms with E-state index in [2.05, 4.69) is 14.7 Å². The minimum Gasteiger partial charge on any atom is -0.391 e. The van der Waals surface area contributed by atoms with E-state index in [0.717, 1.165) is 27.3 Å². The van der Waals surface area contributed by atoms with E-state index in [9.17, 15) is 13.5 Å². The summed E-state index contributed by atoms with van der Waals surface area (Å²) in [5.41, 5.74) is 1.60. The van der Waals surface area contributed by atoms with Crippen molar-refractivity contribution >= 4 is 60.9 Å². The zero-order chi connectivity index (χ0) is 18.3. The fraction of sp³-hybridized carbons (Fsp3) is 0.0625. The lowest BCUT2D eigenvalue weighted by molar-refractivity contribution is 0.285. The number of thiazole rings is 1. The molecule has 134 valence electrons. The maximum absolute atomic E-state index is 12.6. The van der Waals surface area contributed by atoms with Crippen molar-refractivity contribution in [2.75, 3.05) is 4.72 Å². The zero-order valence-corrected chi connectivity index (χ0v) is 16.3. The van der Waals surface area contributed by atoms with Gasteiger partial charge in [0.25, 0.3) is 10.0 Å². The number of thiophene rings is 1. The van der Waals surface area contributed by atoms with Crippen LogP contribution in [0.3, 0.4) is 0 Å². The Bertz CT molecular complexity index is 1180. The number of rotatable bonds is 5. The lowest BCUT2D eigenvalue weighted by Gasteiger charge is -2.09. The first-order valence-electron chi connectivity index (χ1n) is 7.41. The van der Waals surface area contributed by atoms with Crippen LogP contribution in [0.5, 0.6) is 0 Å². The van der Waals surface area contributed by atoms with Gasteiger partial charge in [-0.3, -0.25) is 4.72 Å². The molecule has 0 unspecified atom stereocenters. The molecule has 0 spiro atoms. The van der Waals surface area contributed by atoms with Crippen LogP contribution in [0.2, 0.25) is 5.02 Å². The van der Waals surface area contributed by atoms with Crippen LogP contribution in [0.1, 0.15) is 4.88 Å². The van der Waals surface area contributed by atoms with Crippen molar-refractivity contribution in [3.05, 3.63) is 51.8 Å². The maximum atomic E-state index is 12.6. The standard InChI is InChI=1S/C16H12ClN3O3S3/c17-11-4-3-9-6-12(16-18-7-10(8-21)25-16)19-14(9)15(11)20-26(22,23)13-2-1-5-24-13/h1-7,19-21H,8H2. The van der Waals surface area contributed by atoms with E-state index in [4.69, 9.17) is 11.6 Å². The summed E-state index contributed by atoms with van der Waals surface area (Å²) in [4.78, 5) is 8.21. The molecule has 0 atom stereocenters. The Morgan fingerprint density at radius 3 is 2.85 bits per heavy atom. The van der Waals surface area contributed by atoms with E-state index in [-0.39, 0.29) is 10.8 Å². The van der Waals surface area contributed by atoms with Gasteiger partial charge in [-0.15, -0.1) is 22.7 Å². The van der Waals surface area contributed by atoms with E-state index in [1.54, 1.807) is 29.8 Å². The molecule has 3 heterocycles. The Kier molecular flexibility index (Phi) is 4.49. The van der Waals surface area contributed by atoms with Crippen molar-refractivity contribution in [1.29, 1.82) is 0 Å². The van der Waals surface area contributed by atoms with Crippen LogP contribution < -0.4 is 4.72 Å². The molecule has 3 aromatic heterocycles. The Balaban J connectivity index is 1.80. The number of H-pyrrole nitrogens is 1. The molecule has 0 radical (unpaired) electrons. The number of aromatic amines is 1. The maximum Gasteiger partial charge on any atom is 0.271 e. The van der Waals surface area contributed by atoms with E-state index >= 15 is 0 Å². The average Bonchev–Trinajstić information content (AvgIpc) is 3.37. The van der Waals surface area contributed by atoms with Crippen molar-refractivity contribution in [2.45, 2.75) is 10.8 Å². The number of aliphatic hydroxyl groups is 1. The third-order valence-electron chi connectivity index (χ3n) is 3.68. The molecule has 0 aliphatic heterocycles. The summed E-state index contributed by atoms with van der Waals surface area (Å²) >= 11 is 8.75. The molecule has 0 fully saturated rings. The Labute approximate surface area is 162 Å². The number of hydrogen-bond donors (Lipinski definition) is 3. The molecule has 1 aromatic carbocycles. The summed E-state index contributed by atoms with van der Waals surface area (Å²) < 4.78 is 27.9. The van der Waals surface area contributed by atoms with E-state index in [1.807, 2.05) is 6.07 Å². The molecule has 0 aliphatic carbocycles. The number of aliphatic hydroxyl groups excluding tert-OH is 1. The molecule has 4 aromatic rings. The van der Waals surface area contributed by atoms with Gasteiger partial charge in [0.05, 0.1) is 33.4 Å². The van der Waals surface area contributed by atoms with E-state index < -0.39 is 10.0 Å². The van der Waals surface area contributed by atoms with Crippen LogP contribution in [-0.2, 0) is 16.6 Å². The van der Waals surface area contributed by atoms with Gasteiger partial charge >= 0.3 is 0 Å². The third-order valence-corrected chi connectivity index (χ3v) is 7.76. The quantitative estimate of drug-likeness (QED) is 0.444. The number of aromatic nitrogens is 2. The molecule has 6 nitrogen and oxygen atoms in total. The van der Waals surface area contributed by atoms with Gasteiger partial charge in [-0.2, -0.15) is 0 Å². The molecular formula is C16H12ClN3O3S3. The molecule has 0 bridgehead atoms. The Hall–Kier alpha value is -1.91. The van der Waals surface area contributed by atoms with Crippen molar-refractivity contribution in [3.8, 4) is 10.7 Å². The SMILES string of the molecule is O=S(=O)(Nc1c(Cl)ccc2cc(-c3ncc(CO)s3)[nH]c12)c1cccs1. The molecule has 10 heteroatoms. The second kappa shape index (κ2) is 6.67. The second-order valence-electron chi connectivity index (χ2n) is 5.40. The largest absolute Gasteiger partial charge is 0.391 e. The number of nitrogens with zero attached hydrogens (tertiary/aromatic N) is 1. The minimum atomic E-state index is -3.72. The van der Waals surface area contributed by atoms with Crippen molar-refractivity contribution in [1.82, 2.24) is 9.97 Å². The smallest absolute Gasteiger partial charge is 0.271 e. The topological polar surface area (TPSA) is 95.1 Å². The van der Waals surface area contributed by atoms with Gasteiger partial charge < -0.3 is 10.1 Å². The molecule has 0 saturated carbocycles. The van der Waals surface area contributed by atoms with Crippen molar-refractivity contribution in [3.63, 3.8) is 0 Å². The lowest BCUT2D eigenvalue weighted by Crippen LogP contribution is -2.12. The summed E-state index contributed by atoms with van der Waals surface area (Å²) in [5.74, 6) is 0. The highest BCUT2D eigenvalue weighted by molar-refractivity contribution is 7.94. The number of nitrogens with one attached hydrogen (secondary N) is 2. The number of anilines is 1. The predicted octanol–water partition coefficient (Wildman–Crippen LogP) is 4.30. The summed E-state index contributed by atoms with van der Waals surface area (Å²) in [6.45, 7) is -0.0738. The number of hydrogen-bond acceptors (Lipinski definition) is 6. The van der Waals surface area contributed by atoms with Crippen LogP contribution >= 0.6 is 34.3 Å². The van der Waals surface area contributed by atoms with Gasteiger partial charge in [-0.25, -0.2) is 13.4 Å². The number of halogens is 1. The zero-order valence-electron chi connectivity index (χ0n) is 13.1. The molecule has 0 saturated heterocycles. The van der Waals surface area contributed by atoms with Crippen molar-refractivity contribution < 1.29 is 13.5 Å². The molecule has 0 amide bonds. The fourth-order valence-electron chi connectivity index (χ4n) is 2.50. The van der Waals surface area contributed by atoms with Gasteiger partial charge in [0.2, 0.25) is 0 Å². The summed E-state index contributed by atoms with van der Waals surface area (Å²) in [6, 6.07) is 8.53. The van der Waals surface area contributed by atoms with Crippen LogP contribution in [0.4, 0.5) is 5.69 Å². The molecule has 3 N–H and O–H groups in total. The number of fused-ring (bicyclic) bond motifs is 1. The first-order valence-corrected chi connectivity index (χ1v) is 11.0. The van der Waals surface area contributed by atoms with Crippen LogP contribution in [0, 0.1) is 0 Å². The first kappa shape index (κ1) is 17.5. The van der Waals surface area contributed by atoms with E-state index in [1.165, 1.54) is 17.4 Å². The summed E-state index contributed by atoms with van der Waals surface area (Å²) in [5, 5.41) is 12.7. The molecular weight excluding hydrogens is 414 g/mol. The predicted molar refractivity (Wildman–Crippen MR) is 105 cm³/mol. The second-order valence-corrected chi connectivity index (χ2v) is 9.78. The molecule has 0 aliphatic rings. The summed E-state index contributed by atoms with van der Waals surface area (Å²) in [6.07, 6.45) is 1.61. The Morgan fingerprint density at radius 1 is 1.31 bits per heavy atom. The summed E-state index contributed by atoms with van der Waals surface area (Å²) in [7, 11) is -3.72. The normalized spacial score (nSPS) is 11.9. The van der Waals surface area contributed by atoms with Crippen LogP contribution in [0.15, 0.2) is 46.1 Å². The minimum absolute atomic E-state index is 0.0738. The van der Waals surface area contributed by atoms with Crippen LogP contribution in [-0.4, -0.2) is 23.5 Å². The fourth-order valence-corrected chi connectivity index (χ4v) is 5.59.